The fraction of sp³-hybridized carbons (Fsp3) is 0.538. The molecule has 1 aromatic carbocycles. The molecule has 3 N–H and O–H groups in total. The summed E-state index contributed by atoms with van der Waals surface area (Å²) in [7, 11) is -6.92. The van der Waals surface area contributed by atoms with E-state index < -0.39 is 25.9 Å². The van der Waals surface area contributed by atoms with Crippen molar-refractivity contribution in [1.82, 2.24) is 4.72 Å². The lowest BCUT2D eigenvalue weighted by molar-refractivity contribution is 0.517. The van der Waals surface area contributed by atoms with Gasteiger partial charge in [0.25, 0.3) is 0 Å². The number of aryl methyl sites for hydroxylation is 2. The van der Waals surface area contributed by atoms with E-state index in [4.69, 9.17) is 5.73 Å². The number of hydrogen-bond donors (Lipinski definition) is 2. The number of sulfone groups is 1. The summed E-state index contributed by atoms with van der Waals surface area (Å²) < 4.78 is 50.8. The monoisotopic (exact) mass is 332 g/mol. The van der Waals surface area contributed by atoms with E-state index in [1.54, 1.807) is 26.0 Å². The Balaban J connectivity index is 2.31. The zero-order valence-electron chi connectivity index (χ0n) is 12.1. The minimum atomic E-state index is -3.76. The Kier molecular flexibility index (Phi) is 4.32. The van der Waals surface area contributed by atoms with Crippen molar-refractivity contribution >= 4 is 25.5 Å². The van der Waals surface area contributed by atoms with E-state index >= 15 is 0 Å². The molecule has 0 spiro atoms. The highest BCUT2D eigenvalue weighted by atomic mass is 32.2. The van der Waals surface area contributed by atoms with Crippen molar-refractivity contribution < 1.29 is 16.8 Å². The predicted molar refractivity (Wildman–Crippen MR) is 82.3 cm³/mol. The van der Waals surface area contributed by atoms with Crippen LogP contribution in [0.25, 0.3) is 0 Å². The Morgan fingerprint density at radius 2 is 1.81 bits per heavy atom. The number of hydrogen-bond acceptors (Lipinski definition) is 5. The number of nitrogens with one attached hydrogen (secondary N) is 1. The average molecular weight is 332 g/mol. The van der Waals surface area contributed by atoms with Crippen molar-refractivity contribution in [1.29, 1.82) is 0 Å². The fourth-order valence-corrected chi connectivity index (χ4v) is 6.27. The molecule has 1 aromatic rings. The van der Waals surface area contributed by atoms with Gasteiger partial charge in [-0.1, -0.05) is 0 Å². The lowest BCUT2D eigenvalue weighted by Gasteiger charge is -2.23. The maximum absolute atomic E-state index is 12.5. The highest BCUT2D eigenvalue weighted by Crippen LogP contribution is 2.24. The van der Waals surface area contributed by atoms with Gasteiger partial charge in [0.1, 0.15) is 0 Å². The summed E-state index contributed by atoms with van der Waals surface area (Å²) in [6, 6.07) is 2.63. The van der Waals surface area contributed by atoms with Crippen LogP contribution in [0.3, 0.4) is 0 Å². The normalized spacial score (nSPS) is 22.1. The van der Waals surface area contributed by atoms with Crippen molar-refractivity contribution in [2.24, 2.45) is 0 Å². The standard InChI is InChI=1S/C13H20N2O4S2/c1-9-6-11(14)7-10(2)13(9)21(18,19)15-12-4-3-5-20(16,17)8-12/h6-7,12,15H,3-5,8,14H2,1-2H3. The molecule has 1 saturated heterocycles. The summed E-state index contributed by atoms with van der Waals surface area (Å²) in [5, 5.41) is 0. The van der Waals surface area contributed by atoms with Gasteiger partial charge in [-0.25, -0.2) is 21.6 Å². The molecule has 2 rings (SSSR count). The van der Waals surface area contributed by atoms with Gasteiger partial charge in [-0.15, -0.1) is 0 Å². The quantitative estimate of drug-likeness (QED) is 0.794. The molecule has 8 heteroatoms. The van der Waals surface area contributed by atoms with Crippen molar-refractivity contribution in [3.8, 4) is 0 Å². The number of sulfonamides is 1. The lowest BCUT2D eigenvalue weighted by Crippen LogP contribution is -2.43. The largest absolute Gasteiger partial charge is 0.399 e. The van der Waals surface area contributed by atoms with E-state index in [0.717, 1.165) is 0 Å². The highest BCUT2D eigenvalue weighted by Gasteiger charge is 2.30. The fourth-order valence-electron chi connectivity index (χ4n) is 2.80. The van der Waals surface area contributed by atoms with Crippen LogP contribution >= 0.6 is 0 Å². The first-order valence-electron chi connectivity index (χ1n) is 6.70. The molecular weight excluding hydrogens is 312 g/mol. The molecule has 1 fully saturated rings. The maximum atomic E-state index is 12.5. The lowest BCUT2D eigenvalue weighted by atomic mass is 10.1. The molecule has 118 valence electrons. The third kappa shape index (κ3) is 3.75. The van der Waals surface area contributed by atoms with Gasteiger partial charge in [-0.3, -0.25) is 0 Å². The van der Waals surface area contributed by atoms with Gasteiger partial charge in [0.15, 0.2) is 9.84 Å². The molecule has 0 aromatic heterocycles. The van der Waals surface area contributed by atoms with Gasteiger partial charge in [-0.2, -0.15) is 0 Å². The number of anilines is 1. The Labute approximate surface area is 125 Å². The first-order chi connectivity index (χ1) is 9.61. The molecule has 1 aliphatic heterocycles. The Morgan fingerprint density at radius 3 is 2.33 bits per heavy atom. The molecular formula is C13H20N2O4S2. The predicted octanol–water partition coefficient (Wildman–Crippen LogP) is 0.741. The molecule has 0 bridgehead atoms. The Hall–Kier alpha value is -1.12. The van der Waals surface area contributed by atoms with Crippen molar-refractivity contribution in [3.63, 3.8) is 0 Å². The van der Waals surface area contributed by atoms with E-state index in [1.807, 2.05) is 0 Å². The molecule has 1 unspecified atom stereocenters. The molecule has 6 nitrogen and oxygen atoms in total. The average Bonchev–Trinajstić information content (AvgIpc) is 2.23. The summed E-state index contributed by atoms with van der Waals surface area (Å²) in [4.78, 5) is 0.180. The Morgan fingerprint density at radius 1 is 1.24 bits per heavy atom. The van der Waals surface area contributed by atoms with Gasteiger partial charge >= 0.3 is 0 Å². The van der Waals surface area contributed by atoms with Gasteiger partial charge in [0, 0.05) is 11.7 Å². The molecule has 1 aliphatic rings. The smallest absolute Gasteiger partial charge is 0.241 e. The number of rotatable bonds is 3. The minimum absolute atomic E-state index is 0.130. The van der Waals surface area contributed by atoms with E-state index in [1.165, 1.54) is 0 Å². The SMILES string of the molecule is Cc1cc(N)cc(C)c1S(=O)(=O)NC1CCCS(=O)(=O)C1. The zero-order chi connectivity index (χ0) is 15.8. The molecule has 0 amide bonds. The van der Waals surface area contributed by atoms with E-state index in [9.17, 15) is 16.8 Å². The van der Waals surface area contributed by atoms with Crippen LogP contribution in [0.4, 0.5) is 5.69 Å². The molecule has 0 saturated carbocycles. The molecule has 1 heterocycles. The van der Waals surface area contributed by atoms with Crippen LogP contribution in [0.5, 0.6) is 0 Å². The first kappa shape index (κ1) is 16.3. The minimum Gasteiger partial charge on any atom is -0.399 e. The second-order valence-electron chi connectivity index (χ2n) is 5.56. The highest BCUT2D eigenvalue weighted by molar-refractivity contribution is 7.91. The molecule has 0 radical (unpaired) electrons. The van der Waals surface area contributed by atoms with Crippen LogP contribution in [-0.4, -0.2) is 34.4 Å². The van der Waals surface area contributed by atoms with Gasteiger partial charge in [0.2, 0.25) is 10.0 Å². The van der Waals surface area contributed by atoms with Crippen LogP contribution in [-0.2, 0) is 19.9 Å². The van der Waals surface area contributed by atoms with Gasteiger partial charge < -0.3 is 5.73 Å². The van der Waals surface area contributed by atoms with Crippen LogP contribution in [0.15, 0.2) is 17.0 Å². The van der Waals surface area contributed by atoms with Crippen LogP contribution in [0, 0.1) is 13.8 Å². The summed E-state index contributed by atoms with van der Waals surface area (Å²) in [6.45, 7) is 3.35. The summed E-state index contributed by atoms with van der Waals surface area (Å²) in [6.07, 6.45) is 1.01. The first-order valence-corrected chi connectivity index (χ1v) is 10.0. The van der Waals surface area contributed by atoms with E-state index in [2.05, 4.69) is 4.72 Å². The number of nitrogens with two attached hydrogens (primary N) is 1. The third-order valence-electron chi connectivity index (χ3n) is 3.54. The van der Waals surface area contributed by atoms with E-state index in [-0.39, 0.29) is 16.4 Å². The van der Waals surface area contributed by atoms with E-state index in [0.29, 0.717) is 29.7 Å². The topological polar surface area (TPSA) is 106 Å². The Bertz CT molecular complexity index is 731. The zero-order valence-corrected chi connectivity index (χ0v) is 13.7. The second-order valence-corrected chi connectivity index (χ2v) is 9.44. The van der Waals surface area contributed by atoms with Crippen LogP contribution in [0.2, 0.25) is 0 Å². The molecule has 0 aliphatic carbocycles. The van der Waals surface area contributed by atoms with Crippen molar-refractivity contribution in [3.05, 3.63) is 23.3 Å². The second kappa shape index (κ2) is 5.58. The van der Waals surface area contributed by atoms with Gasteiger partial charge in [0.05, 0.1) is 16.4 Å². The van der Waals surface area contributed by atoms with Crippen molar-refractivity contribution in [2.45, 2.75) is 37.6 Å². The van der Waals surface area contributed by atoms with Crippen LogP contribution in [0.1, 0.15) is 24.0 Å². The van der Waals surface area contributed by atoms with Gasteiger partial charge in [-0.05, 0) is 49.9 Å². The summed E-state index contributed by atoms with van der Waals surface area (Å²) >= 11 is 0. The summed E-state index contributed by atoms with van der Waals surface area (Å²) in [5.41, 5.74) is 7.31. The number of benzene rings is 1. The molecule has 21 heavy (non-hydrogen) atoms. The summed E-state index contributed by atoms with van der Waals surface area (Å²) in [5.74, 6) is -0.00947. The number of nitrogen functional groups attached to an aromatic ring is 1. The van der Waals surface area contributed by atoms with Crippen molar-refractivity contribution in [2.75, 3.05) is 17.2 Å². The van der Waals surface area contributed by atoms with Crippen LogP contribution < -0.4 is 10.5 Å². The molecule has 1 atom stereocenters. The maximum Gasteiger partial charge on any atom is 0.241 e. The third-order valence-corrected chi connectivity index (χ3v) is 7.18.